The number of carboxylic acids is 1. The summed E-state index contributed by atoms with van der Waals surface area (Å²) in [6.45, 7) is 6.50. The molecule has 37 heavy (non-hydrogen) atoms. The number of carboxylic acid groups (broad SMARTS) is 1. The molecule has 2 aromatic heterocycles. The minimum atomic E-state index is -0.948. The van der Waals surface area contributed by atoms with Crippen LogP contribution in [0.1, 0.15) is 93.7 Å². The number of carbonyl (C=O) groups excluding carboxylic acids is 1. The van der Waals surface area contributed by atoms with Gasteiger partial charge in [0.2, 0.25) is 0 Å². The van der Waals surface area contributed by atoms with Crippen LogP contribution in [-0.4, -0.2) is 27.2 Å². The van der Waals surface area contributed by atoms with Crippen LogP contribution >= 0.6 is 11.6 Å². The van der Waals surface area contributed by atoms with E-state index >= 15 is 0 Å². The number of rotatable bonds is 12. The first-order valence-corrected chi connectivity index (χ1v) is 13.0. The molecule has 1 fully saturated rings. The predicted octanol–water partition coefficient (Wildman–Crippen LogP) is 7.13. The van der Waals surface area contributed by atoms with Crippen LogP contribution in [0.4, 0.5) is 4.39 Å². The zero-order valence-electron chi connectivity index (χ0n) is 21.4. The fourth-order valence-electron chi connectivity index (χ4n) is 4.45. The van der Waals surface area contributed by atoms with Crippen LogP contribution in [0, 0.1) is 11.2 Å². The van der Waals surface area contributed by atoms with Gasteiger partial charge in [0.1, 0.15) is 17.4 Å². The molecule has 9 heteroatoms. The number of benzene rings is 1. The Morgan fingerprint density at radius 2 is 1.95 bits per heavy atom. The largest absolute Gasteiger partial charge is 0.481 e. The Bertz CT molecular complexity index is 1270. The first-order chi connectivity index (χ1) is 17.5. The van der Waals surface area contributed by atoms with Crippen molar-refractivity contribution in [2.75, 3.05) is 0 Å². The van der Waals surface area contributed by atoms with E-state index in [4.69, 9.17) is 20.6 Å². The molecule has 1 atom stereocenters. The van der Waals surface area contributed by atoms with E-state index in [9.17, 15) is 19.1 Å². The lowest BCUT2D eigenvalue weighted by molar-refractivity contribution is -0.137. The van der Waals surface area contributed by atoms with Crippen molar-refractivity contribution < 1.29 is 28.1 Å². The van der Waals surface area contributed by atoms with Gasteiger partial charge in [-0.3, -0.25) is 9.59 Å². The molecule has 1 aliphatic rings. The van der Waals surface area contributed by atoms with Gasteiger partial charge >= 0.3 is 5.97 Å². The lowest BCUT2D eigenvalue weighted by Crippen LogP contribution is -2.13. The van der Waals surface area contributed by atoms with Gasteiger partial charge in [0, 0.05) is 48.3 Å². The minimum Gasteiger partial charge on any atom is -0.481 e. The van der Waals surface area contributed by atoms with Gasteiger partial charge in [0.15, 0.2) is 11.5 Å². The second-order valence-corrected chi connectivity index (χ2v) is 11.5. The van der Waals surface area contributed by atoms with Crippen molar-refractivity contribution in [1.82, 2.24) is 10.3 Å². The summed E-state index contributed by atoms with van der Waals surface area (Å²) in [6.07, 6.45) is 3.83. The standard InChI is InChI=1S/C28H32ClFN2O5/c1-28(2,3)11-10-21-15-23(31-36-21)27-25(16-4-5-16)26(32-37-27)18(7-9-24(34)35)13-20(33)12-17-6-8-19(30)14-22(17)29/h6,8,14-16,18H,4-5,7,9-13H2,1-3H3,(H,34,35)/t18-/m0/s1. The van der Waals surface area contributed by atoms with Gasteiger partial charge in [-0.25, -0.2) is 4.39 Å². The molecule has 1 saturated carbocycles. The average Bonchev–Trinajstić information content (AvgIpc) is 3.37. The number of ketones is 1. The van der Waals surface area contributed by atoms with E-state index in [0.717, 1.165) is 37.0 Å². The van der Waals surface area contributed by atoms with Crippen LogP contribution in [0.5, 0.6) is 0 Å². The van der Waals surface area contributed by atoms with Crippen LogP contribution in [0.2, 0.25) is 5.02 Å². The number of aliphatic carboxylic acids is 1. The molecule has 3 aromatic rings. The Kier molecular flexibility index (Phi) is 8.17. The topological polar surface area (TPSA) is 106 Å². The molecule has 2 heterocycles. The van der Waals surface area contributed by atoms with Crippen molar-refractivity contribution in [3.05, 3.63) is 57.7 Å². The van der Waals surface area contributed by atoms with Crippen LogP contribution < -0.4 is 0 Å². The van der Waals surface area contributed by atoms with Crippen LogP contribution in [0.3, 0.4) is 0 Å². The zero-order valence-corrected chi connectivity index (χ0v) is 22.1. The molecule has 0 spiro atoms. The molecule has 0 aliphatic heterocycles. The number of carbonyl (C=O) groups is 2. The average molecular weight is 531 g/mol. The molecule has 0 unspecified atom stereocenters. The van der Waals surface area contributed by atoms with Crippen LogP contribution in [0.15, 0.2) is 33.3 Å². The van der Waals surface area contributed by atoms with Crippen LogP contribution in [0.25, 0.3) is 11.5 Å². The van der Waals surface area contributed by atoms with Gasteiger partial charge in [-0.15, -0.1) is 0 Å². The van der Waals surface area contributed by atoms with Gasteiger partial charge in [0.25, 0.3) is 0 Å². The summed E-state index contributed by atoms with van der Waals surface area (Å²) in [7, 11) is 0. The third kappa shape index (κ3) is 7.28. The lowest BCUT2D eigenvalue weighted by Gasteiger charge is -2.16. The van der Waals surface area contributed by atoms with Crippen LogP contribution in [-0.2, 0) is 22.4 Å². The summed E-state index contributed by atoms with van der Waals surface area (Å²) in [6, 6.07) is 5.80. The van der Waals surface area contributed by atoms with Crippen molar-refractivity contribution in [2.24, 2.45) is 5.41 Å². The normalized spacial score (nSPS) is 14.6. The minimum absolute atomic E-state index is 0.0204. The zero-order chi connectivity index (χ0) is 26.7. The maximum Gasteiger partial charge on any atom is 0.303 e. The number of aryl methyl sites for hydroxylation is 1. The highest BCUT2D eigenvalue weighted by atomic mass is 35.5. The SMILES string of the molecule is CC(C)(C)CCc1cc(-c2onc([C@@H](CCC(=O)O)CC(=O)Cc3ccc(F)cc3Cl)c2C2CC2)no1. The molecule has 0 amide bonds. The fraction of sp³-hybridized carbons (Fsp3) is 0.500. The number of aromatic nitrogens is 2. The van der Waals surface area contributed by atoms with E-state index in [1.54, 1.807) is 0 Å². The summed E-state index contributed by atoms with van der Waals surface area (Å²) in [4.78, 5) is 24.4. The maximum absolute atomic E-state index is 13.4. The molecule has 1 aliphatic carbocycles. The van der Waals surface area contributed by atoms with Crippen molar-refractivity contribution in [3.8, 4) is 11.5 Å². The second kappa shape index (κ2) is 11.2. The number of hydrogen-bond acceptors (Lipinski definition) is 6. The highest BCUT2D eigenvalue weighted by molar-refractivity contribution is 6.31. The van der Waals surface area contributed by atoms with Crippen molar-refractivity contribution >= 4 is 23.4 Å². The van der Waals surface area contributed by atoms with Gasteiger partial charge in [-0.05, 0) is 54.7 Å². The maximum atomic E-state index is 13.4. The quantitative estimate of drug-likeness (QED) is 0.265. The molecular weight excluding hydrogens is 499 g/mol. The third-order valence-electron chi connectivity index (χ3n) is 6.62. The molecule has 1 aromatic carbocycles. The smallest absolute Gasteiger partial charge is 0.303 e. The Morgan fingerprint density at radius 1 is 1.19 bits per heavy atom. The van der Waals surface area contributed by atoms with Crippen molar-refractivity contribution in [2.45, 2.75) is 84.0 Å². The predicted molar refractivity (Wildman–Crippen MR) is 136 cm³/mol. The van der Waals surface area contributed by atoms with Gasteiger partial charge in [0.05, 0.1) is 5.69 Å². The number of halogens is 2. The summed E-state index contributed by atoms with van der Waals surface area (Å²) < 4.78 is 24.7. The van der Waals surface area contributed by atoms with E-state index in [-0.39, 0.29) is 47.8 Å². The molecule has 0 radical (unpaired) electrons. The van der Waals surface area contributed by atoms with Gasteiger partial charge in [-0.2, -0.15) is 0 Å². The fourth-order valence-corrected chi connectivity index (χ4v) is 4.68. The van der Waals surface area contributed by atoms with E-state index < -0.39 is 17.7 Å². The van der Waals surface area contributed by atoms with E-state index in [0.29, 0.717) is 22.7 Å². The molecule has 1 N–H and O–H groups in total. The molecule has 7 nitrogen and oxygen atoms in total. The summed E-state index contributed by atoms with van der Waals surface area (Å²) >= 11 is 6.11. The number of nitrogens with zero attached hydrogens (tertiary/aromatic N) is 2. The van der Waals surface area contributed by atoms with E-state index in [1.807, 2.05) is 6.07 Å². The molecular formula is C28H32ClFN2O5. The molecule has 0 bridgehead atoms. The first kappa shape index (κ1) is 27.0. The highest BCUT2D eigenvalue weighted by Crippen LogP contribution is 2.48. The highest BCUT2D eigenvalue weighted by Gasteiger charge is 2.37. The Morgan fingerprint density at radius 3 is 2.59 bits per heavy atom. The molecule has 198 valence electrons. The van der Waals surface area contributed by atoms with Gasteiger partial charge in [-0.1, -0.05) is 48.8 Å². The number of hydrogen-bond donors (Lipinski definition) is 1. The first-order valence-electron chi connectivity index (χ1n) is 12.6. The Hall–Kier alpha value is -3.00. The summed E-state index contributed by atoms with van der Waals surface area (Å²) in [5.74, 6) is -0.491. The Labute approximate surface area is 220 Å². The van der Waals surface area contributed by atoms with E-state index in [1.165, 1.54) is 18.2 Å². The number of Topliss-reactive ketones (excluding diaryl/α,β-unsaturated/α-hetero) is 1. The molecule has 0 saturated heterocycles. The van der Waals surface area contributed by atoms with Gasteiger partial charge < -0.3 is 14.2 Å². The lowest BCUT2D eigenvalue weighted by atomic mass is 9.87. The summed E-state index contributed by atoms with van der Waals surface area (Å²) in [5.41, 5.74) is 2.74. The van der Waals surface area contributed by atoms with Crippen molar-refractivity contribution in [3.63, 3.8) is 0 Å². The monoisotopic (exact) mass is 530 g/mol. The van der Waals surface area contributed by atoms with E-state index in [2.05, 4.69) is 31.1 Å². The summed E-state index contributed by atoms with van der Waals surface area (Å²) in [5, 5.41) is 18.1. The Balaban J connectivity index is 1.58. The van der Waals surface area contributed by atoms with Crippen molar-refractivity contribution in [1.29, 1.82) is 0 Å². The third-order valence-corrected chi connectivity index (χ3v) is 6.98. The second-order valence-electron chi connectivity index (χ2n) is 11.1. The molecule has 4 rings (SSSR count).